The molecule has 0 saturated heterocycles. The second kappa shape index (κ2) is 4.98. The van der Waals surface area contributed by atoms with E-state index in [0.717, 1.165) is 5.56 Å². The van der Waals surface area contributed by atoms with Gasteiger partial charge in [0.2, 0.25) is 0 Å². The molecule has 13 heavy (non-hydrogen) atoms. The zero-order valence-corrected chi connectivity index (χ0v) is 7.46. The topological polar surface area (TPSA) is 35.8 Å². The van der Waals surface area contributed by atoms with Gasteiger partial charge in [0.1, 0.15) is 6.07 Å². The lowest BCUT2D eigenvalue weighted by atomic mass is 10.1. The van der Waals surface area contributed by atoms with Crippen molar-refractivity contribution in [1.82, 2.24) is 5.32 Å². The van der Waals surface area contributed by atoms with Crippen LogP contribution in [0.3, 0.4) is 0 Å². The minimum absolute atomic E-state index is 0.631. The maximum absolute atomic E-state index is 8.74. The second-order valence-electron chi connectivity index (χ2n) is 2.49. The molecule has 0 atom stereocenters. The van der Waals surface area contributed by atoms with Crippen LogP contribution in [0.1, 0.15) is 11.1 Å². The number of nitrogens with one attached hydrogen (secondary N) is 1. The van der Waals surface area contributed by atoms with E-state index in [9.17, 15) is 0 Å². The highest BCUT2D eigenvalue weighted by molar-refractivity contribution is 5.47. The van der Waals surface area contributed by atoms with Gasteiger partial charge >= 0.3 is 0 Å². The van der Waals surface area contributed by atoms with E-state index < -0.39 is 0 Å². The quantitative estimate of drug-likeness (QED) is 0.641. The summed E-state index contributed by atoms with van der Waals surface area (Å²) in [6.45, 7) is 0.639. The van der Waals surface area contributed by atoms with Crippen molar-refractivity contribution >= 4 is 0 Å². The molecule has 0 fully saturated rings. The Balaban J connectivity index is 2.91. The van der Waals surface area contributed by atoms with Gasteiger partial charge in [-0.3, -0.25) is 0 Å². The first-order valence-electron chi connectivity index (χ1n) is 4.01. The van der Waals surface area contributed by atoms with Crippen LogP contribution in [-0.4, -0.2) is 13.6 Å². The number of benzene rings is 1. The van der Waals surface area contributed by atoms with E-state index in [-0.39, 0.29) is 0 Å². The van der Waals surface area contributed by atoms with E-state index in [1.54, 1.807) is 6.07 Å². The summed E-state index contributed by atoms with van der Waals surface area (Å²) in [5.74, 6) is 5.84. The average molecular weight is 170 g/mol. The largest absolute Gasteiger partial charge is 0.309 e. The standard InChI is InChI=1S/C11H10N2/c1-13-8-4-7-10-5-2-3-6-11(10)9-12/h2-3,5-6,13H,8H2,1H3. The minimum Gasteiger partial charge on any atom is -0.309 e. The minimum atomic E-state index is 0.631. The van der Waals surface area contributed by atoms with Gasteiger partial charge in [0.15, 0.2) is 0 Å². The number of nitrogens with zero attached hydrogens (tertiary/aromatic N) is 1. The molecule has 0 bridgehead atoms. The second-order valence-corrected chi connectivity index (χ2v) is 2.49. The number of nitriles is 1. The fraction of sp³-hybridized carbons (Fsp3) is 0.182. The van der Waals surface area contributed by atoms with Crippen molar-refractivity contribution in [1.29, 1.82) is 5.26 Å². The summed E-state index contributed by atoms with van der Waals surface area (Å²) in [7, 11) is 1.84. The number of hydrogen-bond donors (Lipinski definition) is 1. The van der Waals surface area contributed by atoms with Gasteiger partial charge in [-0.2, -0.15) is 5.26 Å². The molecule has 1 N–H and O–H groups in total. The van der Waals surface area contributed by atoms with Crippen molar-refractivity contribution in [2.75, 3.05) is 13.6 Å². The predicted molar refractivity (Wildman–Crippen MR) is 52.0 cm³/mol. The Labute approximate surface area is 78.2 Å². The van der Waals surface area contributed by atoms with Crippen LogP contribution in [0, 0.1) is 23.2 Å². The predicted octanol–water partition coefficient (Wildman–Crippen LogP) is 1.13. The van der Waals surface area contributed by atoms with Gasteiger partial charge in [0.25, 0.3) is 0 Å². The normalized spacial score (nSPS) is 8.31. The van der Waals surface area contributed by atoms with Crippen LogP contribution in [0.25, 0.3) is 0 Å². The first-order valence-corrected chi connectivity index (χ1v) is 4.01. The highest BCUT2D eigenvalue weighted by Gasteiger charge is 1.94. The van der Waals surface area contributed by atoms with Crippen LogP contribution in [0.2, 0.25) is 0 Å². The van der Waals surface area contributed by atoms with Crippen molar-refractivity contribution in [2.24, 2.45) is 0 Å². The molecule has 0 unspecified atom stereocenters. The van der Waals surface area contributed by atoms with Crippen LogP contribution < -0.4 is 5.32 Å². The molecule has 2 heteroatoms. The Kier molecular flexibility index (Phi) is 3.57. The van der Waals surface area contributed by atoms with Gasteiger partial charge in [0.05, 0.1) is 12.1 Å². The fourth-order valence-corrected chi connectivity index (χ4v) is 0.917. The lowest BCUT2D eigenvalue weighted by Gasteiger charge is -1.92. The summed E-state index contributed by atoms with van der Waals surface area (Å²) in [4.78, 5) is 0. The molecule has 2 nitrogen and oxygen atoms in total. The Hall–Kier alpha value is -1.77. The van der Waals surface area contributed by atoms with E-state index >= 15 is 0 Å². The molecule has 1 rings (SSSR count). The van der Waals surface area contributed by atoms with E-state index in [2.05, 4.69) is 23.2 Å². The fourth-order valence-electron chi connectivity index (χ4n) is 0.917. The first-order chi connectivity index (χ1) is 6.38. The van der Waals surface area contributed by atoms with E-state index in [0.29, 0.717) is 12.1 Å². The monoisotopic (exact) mass is 170 g/mol. The van der Waals surface area contributed by atoms with Gasteiger partial charge in [0, 0.05) is 5.56 Å². The molecule has 0 aliphatic heterocycles. The zero-order valence-electron chi connectivity index (χ0n) is 7.46. The summed E-state index contributed by atoms with van der Waals surface area (Å²) in [6, 6.07) is 9.43. The van der Waals surface area contributed by atoms with E-state index in [1.807, 2.05) is 25.2 Å². The lowest BCUT2D eigenvalue weighted by Crippen LogP contribution is -2.04. The third-order valence-corrected chi connectivity index (χ3v) is 1.54. The number of rotatable bonds is 1. The first kappa shape index (κ1) is 9.32. The molecular formula is C11H10N2. The van der Waals surface area contributed by atoms with E-state index in [4.69, 9.17) is 5.26 Å². The molecule has 0 aliphatic rings. The van der Waals surface area contributed by atoms with Crippen LogP contribution in [0.4, 0.5) is 0 Å². The summed E-state index contributed by atoms with van der Waals surface area (Å²) in [6.07, 6.45) is 0. The third-order valence-electron chi connectivity index (χ3n) is 1.54. The highest BCUT2D eigenvalue weighted by atomic mass is 14.8. The molecule has 0 saturated carbocycles. The Morgan fingerprint density at radius 3 is 2.62 bits per heavy atom. The van der Waals surface area contributed by atoms with Crippen molar-refractivity contribution in [3.63, 3.8) is 0 Å². The smallest absolute Gasteiger partial charge is 0.100 e. The van der Waals surface area contributed by atoms with Gasteiger partial charge in [-0.1, -0.05) is 24.0 Å². The molecule has 1 aromatic carbocycles. The van der Waals surface area contributed by atoms with Crippen LogP contribution >= 0.6 is 0 Å². The molecule has 0 spiro atoms. The molecule has 0 radical (unpaired) electrons. The Bertz CT molecular complexity index is 377. The SMILES string of the molecule is CNCC#Cc1ccccc1C#N. The Morgan fingerprint density at radius 2 is 2.00 bits per heavy atom. The van der Waals surface area contributed by atoms with Crippen molar-refractivity contribution in [2.45, 2.75) is 0 Å². The number of hydrogen-bond acceptors (Lipinski definition) is 2. The maximum Gasteiger partial charge on any atom is 0.100 e. The molecule has 0 amide bonds. The van der Waals surface area contributed by atoms with Crippen molar-refractivity contribution in [3.8, 4) is 17.9 Å². The molecule has 0 aliphatic carbocycles. The van der Waals surface area contributed by atoms with E-state index in [1.165, 1.54) is 0 Å². The lowest BCUT2D eigenvalue weighted by molar-refractivity contribution is 0.938. The van der Waals surface area contributed by atoms with Crippen LogP contribution in [-0.2, 0) is 0 Å². The summed E-state index contributed by atoms with van der Waals surface area (Å²) in [5, 5.41) is 11.7. The molecule has 64 valence electrons. The van der Waals surface area contributed by atoms with Crippen LogP contribution in [0.5, 0.6) is 0 Å². The summed E-state index contributed by atoms with van der Waals surface area (Å²) >= 11 is 0. The zero-order chi connectivity index (χ0) is 9.52. The summed E-state index contributed by atoms with van der Waals surface area (Å²) < 4.78 is 0. The highest BCUT2D eigenvalue weighted by Crippen LogP contribution is 2.04. The van der Waals surface area contributed by atoms with Gasteiger partial charge < -0.3 is 5.32 Å². The van der Waals surface area contributed by atoms with Crippen LogP contribution in [0.15, 0.2) is 24.3 Å². The maximum atomic E-state index is 8.74. The van der Waals surface area contributed by atoms with Gasteiger partial charge in [-0.15, -0.1) is 0 Å². The van der Waals surface area contributed by atoms with Gasteiger partial charge in [-0.05, 0) is 19.2 Å². The average Bonchev–Trinajstić information content (AvgIpc) is 2.19. The summed E-state index contributed by atoms with van der Waals surface area (Å²) in [5.41, 5.74) is 1.42. The Morgan fingerprint density at radius 1 is 1.31 bits per heavy atom. The molecular weight excluding hydrogens is 160 g/mol. The third kappa shape index (κ3) is 2.63. The van der Waals surface area contributed by atoms with Crippen molar-refractivity contribution in [3.05, 3.63) is 35.4 Å². The molecule has 0 heterocycles. The molecule has 1 aromatic rings. The molecule has 0 aromatic heterocycles. The van der Waals surface area contributed by atoms with Crippen molar-refractivity contribution < 1.29 is 0 Å². The van der Waals surface area contributed by atoms with Gasteiger partial charge in [-0.25, -0.2) is 0 Å².